The van der Waals surface area contributed by atoms with Gasteiger partial charge in [0.25, 0.3) is 0 Å². The van der Waals surface area contributed by atoms with Crippen molar-refractivity contribution in [1.29, 1.82) is 0 Å². The molecule has 0 bridgehead atoms. The maximum absolute atomic E-state index is 13.7. The van der Waals surface area contributed by atoms with Crippen molar-refractivity contribution in [3.8, 4) is 11.5 Å². The number of carbonyl (C=O) groups is 2. The average Bonchev–Trinajstić information content (AvgIpc) is 2.83. The average molecular weight is 476 g/mol. The molecule has 0 amide bonds. The van der Waals surface area contributed by atoms with E-state index in [1.54, 1.807) is 7.11 Å². The number of nitrogens with one attached hydrogen (secondary N) is 1. The van der Waals surface area contributed by atoms with E-state index in [1.807, 2.05) is 64.1 Å². The summed E-state index contributed by atoms with van der Waals surface area (Å²) in [4.78, 5) is 27.0. The summed E-state index contributed by atoms with van der Waals surface area (Å²) < 4.78 is 16.9. The fourth-order valence-corrected chi connectivity index (χ4v) is 5.02. The number of carbonyl (C=O) groups excluding carboxylic acids is 2. The van der Waals surface area contributed by atoms with E-state index in [0.717, 1.165) is 16.8 Å². The number of Topliss-reactive ketones (excluding diaryl/α,β-unsaturated/α-hetero) is 1. The van der Waals surface area contributed by atoms with Crippen LogP contribution in [0.15, 0.2) is 71.1 Å². The third-order valence-corrected chi connectivity index (χ3v) is 6.48. The van der Waals surface area contributed by atoms with E-state index in [2.05, 4.69) is 17.4 Å². The Morgan fingerprint density at radius 1 is 1.06 bits per heavy atom. The van der Waals surface area contributed by atoms with Gasteiger partial charge in [-0.05, 0) is 63.3 Å². The molecule has 1 heterocycles. The van der Waals surface area contributed by atoms with Gasteiger partial charge in [-0.1, -0.05) is 36.4 Å². The highest BCUT2D eigenvalue weighted by Gasteiger charge is 2.41. The number of allylic oxidation sites excluding steroid dienone is 3. The lowest BCUT2D eigenvalue weighted by Crippen LogP contribution is -2.36. The van der Waals surface area contributed by atoms with Gasteiger partial charge >= 0.3 is 5.97 Å². The van der Waals surface area contributed by atoms with Crippen LogP contribution >= 0.6 is 0 Å². The molecule has 35 heavy (non-hydrogen) atoms. The van der Waals surface area contributed by atoms with Crippen molar-refractivity contribution in [2.24, 2.45) is 0 Å². The van der Waals surface area contributed by atoms with E-state index in [1.165, 1.54) is 0 Å². The minimum atomic E-state index is -0.550. The molecule has 1 aliphatic heterocycles. The lowest BCUT2D eigenvalue weighted by Gasteiger charge is -2.37. The molecule has 6 heteroatoms. The smallest absolute Gasteiger partial charge is 0.337 e. The molecule has 184 valence electrons. The monoisotopic (exact) mass is 475 g/mol. The van der Waals surface area contributed by atoms with Gasteiger partial charge in [-0.15, -0.1) is 0 Å². The second-order valence-electron chi connectivity index (χ2n) is 9.23. The minimum Gasteiger partial charge on any atom is -0.493 e. The van der Waals surface area contributed by atoms with E-state index in [9.17, 15) is 9.59 Å². The zero-order chi connectivity index (χ0) is 25.1. The number of hydrogen-bond donors (Lipinski definition) is 1. The first kappa shape index (κ1) is 24.6. The lowest BCUT2D eigenvalue weighted by molar-refractivity contribution is -0.143. The summed E-state index contributed by atoms with van der Waals surface area (Å²) in [6.07, 6.45) is 0.804. The molecule has 0 spiro atoms. The van der Waals surface area contributed by atoms with Crippen LogP contribution in [0.4, 0.5) is 0 Å². The topological polar surface area (TPSA) is 73.9 Å². The molecule has 2 aliphatic rings. The van der Waals surface area contributed by atoms with E-state index >= 15 is 0 Å². The number of esters is 1. The second-order valence-corrected chi connectivity index (χ2v) is 9.23. The number of dihydropyridines is 1. The highest BCUT2D eigenvalue weighted by molar-refractivity contribution is 6.04. The van der Waals surface area contributed by atoms with Gasteiger partial charge in [0.1, 0.15) is 0 Å². The van der Waals surface area contributed by atoms with Crippen LogP contribution in [0.25, 0.3) is 0 Å². The summed E-state index contributed by atoms with van der Waals surface area (Å²) in [5.41, 5.74) is 4.58. The predicted molar refractivity (Wildman–Crippen MR) is 134 cm³/mol. The Bertz CT molecular complexity index is 1180. The van der Waals surface area contributed by atoms with E-state index in [4.69, 9.17) is 14.2 Å². The van der Waals surface area contributed by atoms with Crippen molar-refractivity contribution < 1.29 is 23.8 Å². The van der Waals surface area contributed by atoms with Crippen molar-refractivity contribution >= 4 is 11.8 Å². The van der Waals surface area contributed by atoms with Gasteiger partial charge in [-0.25, -0.2) is 4.79 Å². The van der Waals surface area contributed by atoms with Gasteiger partial charge in [0.2, 0.25) is 0 Å². The number of benzene rings is 2. The maximum atomic E-state index is 13.7. The molecule has 6 nitrogen and oxygen atoms in total. The number of hydrogen-bond acceptors (Lipinski definition) is 6. The van der Waals surface area contributed by atoms with Crippen molar-refractivity contribution in [1.82, 2.24) is 5.32 Å². The molecule has 1 aliphatic carbocycles. The summed E-state index contributed by atoms with van der Waals surface area (Å²) in [6, 6.07) is 15.7. The molecule has 2 aromatic carbocycles. The number of ketones is 1. The fourth-order valence-electron chi connectivity index (χ4n) is 5.02. The highest BCUT2D eigenvalue weighted by Crippen LogP contribution is 2.47. The van der Waals surface area contributed by atoms with E-state index < -0.39 is 11.9 Å². The van der Waals surface area contributed by atoms with Crippen LogP contribution in [0.2, 0.25) is 0 Å². The lowest BCUT2D eigenvalue weighted by atomic mass is 9.71. The summed E-state index contributed by atoms with van der Waals surface area (Å²) in [6.45, 7) is 7.92. The first-order valence-electron chi connectivity index (χ1n) is 12.1. The first-order chi connectivity index (χ1) is 16.8. The summed E-state index contributed by atoms with van der Waals surface area (Å²) in [5.74, 6) is 0.326. The third kappa shape index (κ3) is 4.97. The van der Waals surface area contributed by atoms with Crippen LogP contribution in [0.5, 0.6) is 11.5 Å². The van der Waals surface area contributed by atoms with Crippen molar-refractivity contribution in [3.63, 3.8) is 0 Å². The van der Waals surface area contributed by atoms with E-state index in [-0.39, 0.29) is 17.8 Å². The van der Waals surface area contributed by atoms with E-state index in [0.29, 0.717) is 47.8 Å². The summed E-state index contributed by atoms with van der Waals surface area (Å²) in [5, 5.41) is 3.39. The van der Waals surface area contributed by atoms with Crippen LogP contribution in [0, 0.1) is 0 Å². The Morgan fingerprint density at radius 2 is 1.80 bits per heavy atom. The quantitative estimate of drug-likeness (QED) is 0.540. The minimum absolute atomic E-state index is 0.0350. The molecule has 1 N–H and O–H groups in total. The van der Waals surface area contributed by atoms with Gasteiger partial charge in [0.15, 0.2) is 17.3 Å². The molecule has 0 fully saturated rings. The molecule has 0 unspecified atom stereocenters. The van der Waals surface area contributed by atoms with Gasteiger partial charge in [0, 0.05) is 29.3 Å². The molecule has 2 aromatic rings. The number of ether oxygens (including phenoxy) is 3. The third-order valence-electron chi connectivity index (χ3n) is 6.48. The van der Waals surface area contributed by atoms with Gasteiger partial charge in [-0.3, -0.25) is 4.79 Å². The number of rotatable bonds is 7. The largest absolute Gasteiger partial charge is 0.493 e. The van der Waals surface area contributed by atoms with Gasteiger partial charge < -0.3 is 19.5 Å². The zero-order valence-electron chi connectivity index (χ0n) is 21.0. The second kappa shape index (κ2) is 10.4. The maximum Gasteiger partial charge on any atom is 0.337 e. The number of methoxy groups -OCH3 is 1. The standard InChI is InChI=1S/C29H33NO5/c1-6-34-24-13-12-20(16-25(24)33-5)27-26(29(32)35-17(2)3)18(4)30-22-14-21(15-23(31)28(22)27)19-10-8-7-9-11-19/h7-13,16-17,21,27,30H,6,14-15H2,1-5H3/t21-,27+/m0/s1. The highest BCUT2D eigenvalue weighted by atomic mass is 16.5. The fraction of sp³-hybridized carbons (Fsp3) is 0.379. The van der Waals surface area contributed by atoms with Crippen molar-refractivity contribution in [2.75, 3.05) is 13.7 Å². The predicted octanol–water partition coefficient (Wildman–Crippen LogP) is 5.41. The molecular weight excluding hydrogens is 442 g/mol. The van der Waals surface area contributed by atoms with Crippen molar-refractivity contribution in [3.05, 3.63) is 82.2 Å². The Labute approximate surface area is 207 Å². The molecule has 0 saturated heterocycles. The molecular formula is C29H33NO5. The molecule has 2 atom stereocenters. The Kier molecular flexibility index (Phi) is 7.29. The molecule has 0 aromatic heterocycles. The van der Waals surface area contributed by atoms with Gasteiger partial charge in [0.05, 0.1) is 25.4 Å². The van der Waals surface area contributed by atoms with Gasteiger partial charge in [-0.2, -0.15) is 0 Å². The van der Waals surface area contributed by atoms with Crippen molar-refractivity contribution in [2.45, 2.75) is 58.5 Å². The summed E-state index contributed by atoms with van der Waals surface area (Å²) >= 11 is 0. The summed E-state index contributed by atoms with van der Waals surface area (Å²) in [7, 11) is 1.58. The Hall–Kier alpha value is -3.54. The van der Waals surface area contributed by atoms with Crippen LogP contribution in [0.3, 0.4) is 0 Å². The normalized spacial score (nSPS) is 19.9. The molecule has 0 radical (unpaired) electrons. The molecule has 4 rings (SSSR count). The SMILES string of the molecule is CCOc1ccc([C@@H]2C(C(=O)OC(C)C)=C(C)NC3=C2C(=O)C[C@@H](c2ccccc2)C3)cc1OC. The van der Waals surface area contributed by atoms with Crippen LogP contribution in [-0.2, 0) is 14.3 Å². The van der Waals surface area contributed by atoms with Crippen LogP contribution in [-0.4, -0.2) is 31.6 Å². The van der Waals surface area contributed by atoms with Crippen LogP contribution in [0.1, 0.15) is 63.5 Å². The first-order valence-corrected chi connectivity index (χ1v) is 12.1. The van der Waals surface area contributed by atoms with Crippen LogP contribution < -0.4 is 14.8 Å². The Balaban J connectivity index is 1.82. The Morgan fingerprint density at radius 3 is 2.46 bits per heavy atom. The molecule has 0 saturated carbocycles. The zero-order valence-corrected chi connectivity index (χ0v) is 21.0.